The van der Waals surface area contributed by atoms with Gasteiger partial charge in [-0.3, -0.25) is 4.79 Å². The number of fused-ring (bicyclic) bond motifs is 1. The van der Waals surface area contributed by atoms with Crippen molar-refractivity contribution >= 4 is 10.9 Å². The van der Waals surface area contributed by atoms with Crippen LogP contribution in [0.4, 0.5) is 0 Å². The van der Waals surface area contributed by atoms with Gasteiger partial charge in [0.2, 0.25) is 5.75 Å². The van der Waals surface area contributed by atoms with Gasteiger partial charge in [0.1, 0.15) is 5.75 Å². The number of aromatic nitrogens is 1. The standard InChI is InChI=1S/C21H31NO4/c1-5-7-9-10-13-22-18-15-16(26-14-8-6-2)11-12-17(18)19(24-3)20(25-4)21(22)23/h11-12,15H,5-10,13-14H2,1-4H3. The first-order valence-electron chi connectivity index (χ1n) is 9.59. The van der Waals surface area contributed by atoms with Crippen LogP contribution in [0.3, 0.4) is 0 Å². The second kappa shape index (κ2) is 10.1. The van der Waals surface area contributed by atoms with Gasteiger partial charge in [-0.05, 0) is 25.0 Å². The number of aryl methyl sites for hydroxylation is 1. The molecule has 144 valence electrons. The van der Waals surface area contributed by atoms with Crippen molar-refractivity contribution in [3.05, 3.63) is 28.6 Å². The van der Waals surface area contributed by atoms with Crippen molar-refractivity contribution in [1.82, 2.24) is 4.57 Å². The number of methoxy groups -OCH3 is 2. The minimum absolute atomic E-state index is 0.154. The molecule has 0 aliphatic heterocycles. The lowest BCUT2D eigenvalue weighted by Gasteiger charge is -2.17. The Morgan fingerprint density at radius 1 is 0.923 bits per heavy atom. The fourth-order valence-corrected chi connectivity index (χ4v) is 3.10. The van der Waals surface area contributed by atoms with Crippen molar-refractivity contribution in [2.45, 2.75) is 58.9 Å². The van der Waals surface area contributed by atoms with Crippen LogP contribution in [-0.2, 0) is 6.54 Å². The molecule has 5 heteroatoms. The van der Waals surface area contributed by atoms with E-state index >= 15 is 0 Å². The van der Waals surface area contributed by atoms with Gasteiger partial charge in [-0.1, -0.05) is 39.5 Å². The van der Waals surface area contributed by atoms with E-state index in [1.165, 1.54) is 13.5 Å². The van der Waals surface area contributed by atoms with E-state index in [4.69, 9.17) is 14.2 Å². The van der Waals surface area contributed by atoms with Gasteiger partial charge in [-0.15, -0.1) is 0 Å². The first-order chi connectivity index (χ1) is 12.7. The van der Waals surface area contributed by atoms with Crippen molar-refractivity contribution in [3.63, 3.8) is 0 Å². The zero-order chi connectivity index (χ0) is 18.9. The normalized spacial score (nSPS) is 10.9. The Bertz CT molecular complexity index is 767. The fourth-order valence-electron chi connectivity index (χ4n) is 3.10. The summed E-state index contributed by atoms with van der Waals surface area (Å²) < 4.78 is 18.5. The highest BCUT2D eigenvalue weighted by Crippen LogP contribution is 2.34. The van der Waals surface area contributed by atoms with Gasteiger partial charge in [-0.2, -0.15) is 0 Å². The molecule has 0 aliphatic rings. The minimum atomic E-state index is -0.154. The molecule has 0 bridgehead atoms. The van der Waals surface area contributed by atoms with E-state index in [9.17, 15) is 4.79 Å². The van der Waals surface area contributed by atoms with Gasteiger partial charge in [0.05, 0.1) is 26.3 Å². The number of unbranched alkanes of at least 4 members (excludes halogenated alkanes) is 4. The summed E-state index contributed by atoms with van der Waals surface area (Å²) in [6.07, 6.45) is 6.49. The summed E-state index contributed by atoms with van der Waals surface area (Å²) in [4.78, 5) is 12.9. The molecular weight excluding hydrogens is 330 g/mol. The van der Waals surface area contributed by atoms with Crippen molar-refractivity contribution in [3.8, 4) is 17.2 Å². The van der Waals surface area contributed by atoms with Crippen LogP contribution in [-0.4, -0.2) is 25.4 Å². The monoisotopic (exact) mass is 361 g/mol. The lowest BCUT2D eigenvalue weighted by Crippen LogP contribution is -2.23. The Kier molecular flexibility index (Phi) is 7.82. The third-order valence-electron chi connectivity index (χ3n) is 4.56. The predicted molar refractivity (Wildman–Crippen MR) is 106 cm³/mol. The molecule has 1 heterocycles. The molecule has 0 saturated heterocycles. The molecule has 0 saturated carbocycles. The number of benzene rings is 1. The van der Waals surface area contributed by atoms with Crippen LogP contribution in [0.15, 0.2) is 23.0 Å². The topological polar surface area (TPSA) is 49.7 Å². The van der Waals surface area contributed by atoms with Crippen LogP contribution in [0, 0.1) is 0 Å². The van der Waals surface area contributed by atoms with E-state index in [1.807, 2.05) is 18.2 Å². The summed E-state index contributed by atoms with van der Waals surface area (Å²) >= 11 is 0. The molecule has 0 fully saturated rings. The van der Waals surface area contributed by atoms with Crippen LogP contribution in [0.25, 0.3) is 10.9 Å². The predicted octanol–water partition coefficient (Wildman–Crippen LogP) is 4.78. The Morgan fingerprint density at radius 2 is 1.65 bits per heavy atom. The summed E-state index contributed by atoms with van der Waals surface area (Å²) in [5.74, 6) is 1.52. The number of pyridine rings is 1. The average molecular weight is 361 g/mol. The molecule has 0 aliphatic carbocycles. The zero-order valence-corrected chi connectivity index (χ0v) is 16.5. The van der Waals surface area contributed by atoms with Gasteiger partial charge in [0, 0.05) is 18.0 Å². The smallest absolute Gasteiger partial charge is 0.297 e. The zero-order valence-electron chi connectivity index (χ0n) is 16.5. The third-order valence-corrected chi connectivity index (χ3v) is 4.56. The van der Waals surface area contributed by atoms with E-state index in [2.05, 4.69) is 13.8 Å². The molecule has 0 atom stereocenters. The highest BCUT2D eigenvalue weighted by atomic mass is 16.5. The molecule has 5 nitrogen and oxygen atoms in total. The quantitative estimate of drug-likeness (QED) is 0.541. The van der Waals surface area contributed by atoms with E-state index in [1.54, 1.807) is 11.7 Å². The first kappa shape index (κ1) is 20.1. The van der Waals surface area contributed by atoms with Crippen molar-refractivity contribution in [2.24, 2.45) is 0 Å². The molecule has 0 spiro atoms. The maximum absolute atomic E-state index is 12.9. The largest absolute Gasteiger partial charge is 0.494 e. The molecule has 0 unspecified atom stereocenters. The Hall–Kier alpha value is -2.17. The number of rotatable bonds is 11. The Morgan fingerprint density at radius 3 is 2.31 bits per heavy atom. The summed E-state index contributed by atoms with van der Waals surface area (Å²) in [5, 5.41) is 0.863. The second-order valence-corrected chi connectivity index (χ2v) is 6.46. The summed E-state index contributed by atoms with van der Waals surface area (Å²) in [6, 6.07) is 5.81. The third kappa shape index (κ3) is 4.51. The van der Waals surface area contributed by atoms with Crippen molar-refractivity contribution in [1.29, 1.82) is 0 Å². The second-order valence-electron chi connectivity index (χ2n) is 6.46. The lowest BCUT2D eigenvalue weighted by molar-refractivity contribution is 0.309. The molecule has 1 aromatic carbocycles. The average Bonchev–Trinajstić information content (AvgIpc) is 2.66. The van der Waals surface area contributed by atoms with Crippen LogP contribution in [0.2, 0.25) is 0 Å². The lowest BCUT2D eigenvalue weighted by atomic mass is 10.1. The molecule has 2 rings (SSSR count). The number of nitrogens with zero attached hydrogens (tertiary/aromatic N) is 1. The highest BCUT2D eigenvalue weighted by molar-refractivity contribution is 5.89. The summed E-state index contributed by atoms with van der Waals surface area (Å²) in [7, 11) is 3.07. The van der Waals surface area contributed by atoms with Crippen molar-refractivity contribution in [2.75, 3.05) is 20.8 Å². The molecule has 0 N–H and O–H groups in total. The Labute approximate surface area is 155 Å². The number of ether oxygens (including phenoxy) is 3. The number of hydrogen-bond donors (Lipinski definition) is 0. The first-order valence-corrected chi connectivity index (χ1v) is 9.59. The van der Waals surface area contributed by atoms with E-state index in [0.717, 1.165) is 48.8 Å². The van der Waals surface area contributed by atoms with Crippen LogP contribution in [0.1, 0.15) is 52.4 Å². The molecule has 26 heavy (non-hydrogen) atoms. The van der Waals surface area contributed by atoms with E-state index < -0.39 is 0 Å². The SMILES string of the molecule is CCCCCCn1c(=O)c(OC)c(OC)c2ccc(OCCCC)cc21. The van der Waals surface area contributed by atoms with Crippen molar-refractivity contribution < 1.29 is 14.2 Å². The van der Waals surface area contributed by atoms with Gasteiger partial charge < -0.3 is 18.8 Å². The van der Waals surface area contributed by atoms with Crippen LogP contribution < -0.4 is 19.8 Å². The number of hydrogen-bond acceptors (Lipinski definition) is 4. The van der Waals surface area contributed by atoms with Gasteiger partial charge in [0.15, 0.2) is 5.75 Å². The highest BCUT2D eigenvalue weighted by Gasteiger charge is 2.18. The molecule has 0 amide bonds. The maximum Gasteiger partial charge on any atom is 0.297 e. The van der Waals surface area contributed by atoms with Crippen LogP contribution >= 0.6 is 0 Å². The maximum atomic E-state index is 12.9. The summed E-state index contributed by atoms with van der Waals surface area (Å²) in [6.45, 7) is 5.65. The van der Waals surface area contributed by atoms with Gasteiger partial charge >= 0.3 is 0 Å². The van der Waals surface area contributed by atoms with E-state index in [0.29, 0.717) is 18.9 Å². The summed E-state index contributed by atoms with van der Waals surface area (Å²) in [5.41, 5.74) is 0.678. The molecule has 0 radical (unpaired) electrons. The Balaban J connectivity index is 2.50. The van der Waals surface area contributed by atoms with Gasteiger partial charge in [-0.25, -0.2) is 0 Å². The molecule has 1 aromatic heterocycles. The molecule has 2 aromatic rings. The van der Waals surface area contributed by atoms with Crippen LogP contribution in [0.5, 0.6) is 17.2 Å². The molecular formula is C21H31NO4. The fraction of sp³-hybridized carbons (Fsp3) is 0.571. The van der Waals surface area contributed by atoms with E-state index in [-0.39, 0.29) is 11.3 Å². The van der Waals surface area contributed by atoms with Gasteiger partial charge in [0.25, 0.3) is 5.56 Å². The minimum Gasteiger partial charge on any atom is -0.494 e.